The molecule has 0 aliphatic rings. The fraction of sp³-hybridized carbons (Fsp3) is 0.812. The average molecular weight is 665 g/mol. The maximum Gasteiger partial charge on any atom is 0.337 e. The van der Waals surface area contributed by atoms with Gasteiger partial charge in [-0.15, -0.1) is 0 Å². The summed E-state index contributed by atoms with van der Waals surface area (Å²) in [6.45, 7) is 10.7. The molecular formula is C32H56O14. The molecule has 0 aliphatic heterocycles. The number of aliphatic hydroxyl groups is 2. The minimum Gasteiger partial charge on any atom is -0.481 e. The van der Waals surface area contributed by atoms with Crippen LogP contribution in [-0.2, 0) is 33.5 Å². The van der Waals surface area contributed by atoms with Gasteiger partial charge < -0.3 is 40.5 Å². The number of ether oxygens (including phenoxy) is 1. The summed E-state index contributed by atoms with van der Waals surface area (Å²) in [5.74, 6) is -9.20. The number of unbranched alkanes of at least 4 members (excludes halogenated alkanes) is 4. The number of carbonyl (C=O) groups is 6. The summed E-state index contributed by atoms with van der Waals surface area (Å²) >= 11 is 0. The number of rotatable bonds is 25. The summed E-state index contributed by atoms with van der Waals surface area (Å²) in [5, 5.41) is 64.3. The predicted octanol–water partition coefficient (Wildman–Crippen LogP) is 4.43. The van der Waals surface area contributed by atoms with E-state index in [0.29, 0.717) is 24.7 Å². The van der Waals surface area contributed by atoms with Crippen molar-refractivity contribution in [1.29, 1.82) is 0 Å². The summed E-state index contributed by atoms with van der Waals surface area (Å²) in [5.41, 5.74) is -5.42. The highest BCUT2D eigenvalue weighted by molar-refractivity contribution is 5.90. The smallest absolute Gasteiger partial charge is 0.337 e. The maximum absolute atomic E-state index is 11.5. The van der Waals surface area contributed by atoms with Crippen molar-refractivity contribution in [1.82, 2.24) is 0 Å². The molecule has 268 valence electrons. The predicted molar refractivity (Wildman–Crippen MR) is 166 cm³/mol. The third-order valence-electron chi connectivity index (χ3n) is 7.56. The van der Waals surface area contributed by atoms with Crippen LogP contribution >= 0.6 is 0 Å². The van der Waals surface area contributed by atoms with Gasteiger partial charge in [0.2, 0.25) is 0 Å². The van der Waals surface area contributed by atoms with Crippen LogP contribution < -0.4 is 0 Å². The molecule has 0 aromatic heterocycles. The molecule has 4 unspecified atom stereocenters. The van der Waals surface area contributed by atoms with E-state index >= 15 is 0 Å². The molecule has 14 nitrogen and oxygen atoms in total. The Morgan fingerprint density at radius 2 is 1.07 bits per heavy atom. The van der Waals surface area contributed by atoms with Gasteiger partial charge in [-0.1, -0.05) is 86.0 Å². The van der Waals surface area contributed by atoms with E-state index in [2.05, 4.69) is 27.7 Å². The molecule has 0 saturated heterocycles. The van der Waals surface area contributed by atoms with Gasteiger partial charge in [0.05, 0.1) is 31.8 Å². The van der Waals surface area contributed by atoms with Gasteiger partial charge in [-0.2, -0.15) is 0 Å². The SMILES string of the molecule is CC(C)CCCC(C)CCC(C(=O)O)C(O)(CC(=O)O)C(=O)O.CC(C)CCCCCCCOC(=O)CC(O)(CC(=O)O)C(=O)O. The molecular weight excluding hydrogens is 608 g/mol. The molecule has 0 amide bonds. The third-order valence-corrected chi connectivity index (χ3v) is 7.56. The van der Waals surface area contributed by atoms with E-state index in [0.717, 1.165) is 38.5 Å². The van der Waals surface area contributed by atoms with Crippen LogP contribution in [0.5, 0.6) is 0 Å². The van der Waals surface area contributed by atoms with Gasteiger partial charge in [0.15, 0.2) is 11.2 Å². The lowest BCUT2D eigenvalue weighted by Crippen LogP contribution is -2.50. The third kappa shape index (κ3) is 20.7. The van der Waals surface area contributed by atoms with Crippen LogP contribution in [0.3, 0.4) is 0 Å². The number of carboxylic acids is 5. The van der Waals surface area contributed by atoms with Crippen LogP contribution in [-0.4, -0.2) is 89.4 Å². The van der Waals surface area contributed by atoms with Crippen LogP contribution in [0.2, 0.25) is 0 Å². The molecule has 14 heteroatoms. The van der Waals surface area contributed by atoms with Crippen molar-refractivity contribution in [3.63, 3.8) is 0 Å². The minimum absolute atomic E-state index is 0.0751. The van der Waals surface area contributed by atoms with Crippen LogP contribution in [0.25, 0.3) is 0 Å². The fourth-order valence-corrected chi connectivity index (χ4v) is 4.74. The quantitative estimate of drug-likeness (QED) is 0.0527. The summed E-state index contributed by atoms with van der Waals surface area (Å²) in [7, 11) is 0. The van der Waals surface area contributed by atoms with E-state index in [1.54, 1.807) is 0 Å². The van der Waals surface area contributed by atoms with Crippen molar-refractivity contribution < 1.29 is 69.2 Å². The number of carboxylic acid groups (broad SMARTS) is 5. The Morgan fingerprint density at radius 3 is 1.52 bits per heavy atom. The summed E-state index contributed by atoms with van der Waals surface area (Å²) in [6.07, 6.45) is 6.35. The lowest BCUT2D eigenvalue weighted by atomic mass is 9.79. The number of carbonyl (C=O) groups excluding carboxylic acids is 1. The van der Waals surface area contributed by atoms with E-state index in [1.165, 1.54) is 12.8 Å². The molecule has 7 N–H and O–H groups in total. The molecule has 46 heavy (non-hydrogen) atoms. The monoisotopic (exact) mass is 664 g/mol. The van der Waals surface area contributed by atoms with Gasteiger partial charge in [-0.05, 0) is 37.0 Å². The molecule has 0 saturated carbocycles. The Labute approximate surface area is 271 Å². The summed E-state index contributed by atoms with van der Waals surface area (Å²) in [4.78, 5) is 66.3. The van der Waals surface area contributed by atoms with Crippen molar-refractivity contribution in [2.45, 2.75) is 136 Å². The largest absolute Gasteiger partial charge is 0.481 e. The zero-order valence-corrected chi connectivity index (χ0v) is 27.9. The van der Waals surface area contributed by atoms with Crippen molar-refractivity contribution >= 4 is 35.8 Å². The van der Waals surface area contributed by atoms with Crippen molar-refractivity contribution in [2.24, 2.45) is 23.7 Å². The minimum atomic E-state index is -2.80. The van der Waals surface area contributed by atoms with Crippen LogP contribution in [0, 0.1) is 23.7 Å². The second-order valence-electron chi connectivity index (χ2n) is 13.0. The van der Waals surface area contributed by atoms with E-state index in [9.17, 15) is 44.1 Å². The lowest BCUT2D eigenvalue weighted by Gasteiger charge is -2.29. The highest BCUT2D eigenvalue weighted by Crippen LogP contribution is 2.30. The number of aliphatic carboxylic acids is 5. The molecule has 0 fully saturated rings. The maximum atomic E-state index is 11.5. The molecule has 0 bridgehead atoms. The lowest BCUT2D eigenvalue weighted by molar-refractivity contribution is -0.179. The Hall–Kier alpha value is -3.26. The first-order valence-electron chi connectivity index (χ1n) is 15.9. The Bertz CT molecular complexity index is 962. The first kappa shape index (κ1) is 44.9. The topological polar surface area (TPSA) is 253 Å². The Kier molecular flexibility index (Phi) is 22.5. The van der Waals surface area contributed by atoms with Crippen LogP contribution in [0.15, 0.2) is 0 Å². The average Bonchev–Trinajstić information content (AvgIpc) is 2.88. The summed E-state index contributed by atoms with van der Waals surface area (Å²) in [6, 6.07) is 0. The van der Waals surface area contributed by atoms with Crippen LogP contribution in [0.4, 0.5) is 0 Å². The highest BCUT2D eigenvalue weighted by atomic mass is 16.5. The molecule has 4 atom stereocenters. The van der Waals surface area contributed by atoms with Crippen molar-refractivity contribution in [3.8, 4) is 0 Å². The first-order valence-corrected chi connectivity index (χ1v) is 15.9. The molecule has 0 aliphatic carbocycles. The van der Waals surface area contributed by atoms with E-state index < -0.39 is 72.2 Å². The summed E-state index contributed by atoms with van der Waals surface area (Å²) < 4.78 is 4.86. The number of hydrogen-bond acceptors (Lipinski definition) is 9. The van der Waals surface area contributed by atoms with Gasteiger partial charge in [-0.25, -0.2) is 9.59 Å². The van der Waals surface area contributed by atoms with Crippen molar-refractivity contribution in [3.05, 3.63) is 0 Å². The van der Waals surface area contributed by atoms with Gasteiger partial charge >= 0.3 is 35.8 Å². The van der Waals surface area contributed by atoms with Gasteiger partial charge in [0, 0.05) is 0 Å². The van der Waals surface area contributed by atoms with Crippen LogP contribution in [0.1, 0.15) is 125 Å². The number of hydrogen-bond donors (Lipinski definition) is 7. The first-order chi connectivity index (χ1) is 21.2. The van der Waals surface area contributed by atoms with E-state index in [1.807, 2.05) is 6.92 Å². The zero-order chi connectivity index (χ0) is 36.1. The van der Waals surface area contributed by atoms with Gasteiger partial charge in [-0.3, -0.25) is 19.2 Å². The Morgan fingerprint density at radius 1 is 0.565 bits per heavy atom. The second-order valence-corrected chi connectivity index (χ2v) is 13.0. The number of esters is 1. The standard InChI is InChI=1S/2C16H28O7/c1-10(2)5-4-6-11(3)7-8-12(14(19)20)16(23,15(21)22)9-13(17)18;1-12(2)8-6-4-3-5-7-9-23-14(19)11-16(22,15(20)21)10-13(17)18/h10-12,23H,4-9H2,1-3H3,(H,17,18)(H,19,20)(H,21,22);12,22H,3-11H2,1-2H3,(H,17,18)(H,20,21). The van der Waals surface area contributed by atoms with E-state index in [4.69, 9.17) is 25.2 Å². The zero-order valence-electron chi connectivity index (χ0n) is 27.9. The molecule has 0 heterocycles. The molecule has 0 aromatic rings. The Balaban J connectivity index is 0. The van der Waals surface area contributed by atoms with Gasteiger partial charge in [0.1, 0.15) is 0 Å². The molecule has 0 radical (unpaired) electrons. The normalized spacial score (nSPS) is 15.1. The molecule has 0 aromatic carbocycles. The second kappa shape index (κ2) is 23.1. The van der Waals surface area contributed by atoms with E-state index in [-0.39, 0.29) is 18.9 Å². The van der Waals surface area contributed by atoms with Gasteiger partial charge in [0.25, 0.3) is 0 Å². The highest BCUT2D eigenvalue weighted by Gasteiger charge is 2.49. The molecule has 0 rings (SSSR count). The fourth-order valence-electron chi connectivity index (χ4n) is 4.74. The van der Waals surface area contributed by atoms with Crippen molar-refractivity contribution in [2.75, 3.05) is 6.61 Å². The molecule has 0 spiro atoms.